The molecule has 0 aliphatic heterocycles. The molecule has 4 bridgehead atoms. The molecule has 0 saturated heterocycles. The zero-order valence-corrected chi connectivity index (χ0v) is 9.92. The molecule has 0 radical (unpaired) electrons. The molecule has 0 heterocycles. The van der Waals surface area contributed by atoms with E-state index in [1.54, 1.807) is 0 Å². The van der Waals surface area contributed by atoms with Crippen LogP contribution >= 0.6 is 0 Å². The average Bonchev–Trinajstić information content (AvgIpc) is 1.98. The predicted octanol–water partition coefficient (Wildman–Crippen LogP) is -1.50. The van der Waals surface area contributed by atoms with Gasteiger partial charge in [0.25, 0.3) is 0 Å². The molecule has 0 amide bonds. The topological polar surface area (TPSA) is 57.2 Å². The summed E-state index contributed by atoms with van der Waals surface area (Å²) < 4.78 is 33.1. The van der Waals surface area contributed by atoms with Gasteiger partial charge in [0.15, 0.2) is 0 Å². The second-order valence-electron chi connectivity index (χ2n) is 5.55. The summed E-state index contributed by atoms with van der Waals surface area (Å²) in [5, 5.41) is 0. The van der Waals surface area contributed by atoms with Gasteiger partial charge in [-0.1, -0.05) is 0 Å². The maximum absolute atomic E-state index is 11.3. The minimum absolute atomic E-state index is 0. The standard InChI is InChI=1S/C10H16O3S.Li/c11-14(12,13)10-4-7-1-8(5-10)3-9(2-7)6-10;/h7-9H,1-6H2,(H,11,12,13);/q;+1/p-1. The van der Waals surface area contributed by atoms with E-state index in [2.05, 4.69) is 0 Å². The van der Waals surface area contributed by atoms with E-state index in [1.807, 2.05) is 0 Å². The van der Waals surface area contributed by atoms with Crippen LogP contribution in [0.1, 0.15) is 38.5 Å². The smallest absolute Gasteiger partial charge is 0.748 e. The van der Waals surface area contributed by atoms with Gasteiger partial charge in [0.2, 0.25) is 0 Å². The molecule has 4 aliphatic carbocycles. The molecule has 0 aromatic rings. The summed E-state index contributed by atoms with van der Waals surface area (Å²) in [5.41, 5.74) is 0. The molecular formula is C10H15LiO3S. The van der Waals surface area contributed by atoms with E-state index >= 15 is 0 Å². The van der Waals surface area contributed by atoms with Gasteiger partial charge in [-0.15, -0.1) is 0 Å². The monoisotopic (exact) mass is 222 g/mol. The summed E-state index contributed by atoms with van der Waals surface area (Å²) >= 11 is 0. The van der Waals surface area contributed by atoms with E-state index in [9.17, 15) is 13.0 Å². The van der Waals surface area contributed by atoms with Crippen molar-refractivity contribution in [2.24, 2.45) is 17.8 Å². The third-order valence-electron chi connectivity index (χ3n) is 4.51. The van der Waals surface area contributed by atoms with E-state index in [0.717, 1.165) is 0 Å². The van der Waals surface area contributed by atoms with Gasteiger partial charge in [0.1, 0.15) is 10.1 Å². The van der Waals surface area contributed by atoms with Crippen LogP contribution in [0, 0.1) is 17.8 Å². The quantitative estimate of drug-likeness (QED) is 0.401. The summed E-state index contributed by atoms with van der Waals surface area (Å²) in [7, 11) is -4.07. The van der Waals surface area contributed by atoms with Crippen LogP contribution in [0.15, 0.2) is 0 Å². The van der Waals surface area contributed by atoms with Crippen molar-refractivity contribution in [2.45, 2.75) is 43.3 Å². The minimum atomic E-state index is -4.07. The van der Waals surface area contributed by atoms with Crippen molar-refractivity contribution in [3.05, 3.63) is 0 Å². The Morgan fingerprint density at radius 1 is 0.933 bits per heavy atom. The minimum Gasteiger partial charge on any atom is -0.748 e. The molecule has 0 spiro atoms. The van der Waals surface area contributed by atoms with Crippen LogP contribution in [0.3, 0.4) is 0 Å². The van der Waals surface area contributed by atoms with Crippen molar-refractivity contribution in [2.75, 3.05) is 0 Å². The first-order chi connectivity index (χ1) is 6.48. The second-order valence-corrected chi connectivity index (χ2v) is 7.33. The summed E-state index contributed by atoms with van der Waals surface area (Å²) in [6, 6.07) is 0. The Bertz CT molecular complexity index is 328. The van der Waals surface area contributed by atoms with Crippen LogP contribution in [0.25, 0.3) is 0 Å². The van der Waals surface area contributed by atoms with Crippen molar-refractivity contribution >= 4 is 10.1 Å². The Kier molecular flexibility index (Phi) is 2.79. The molecule has 0 atom stereocenters. The molecule has 0 N–H and O–H groups in total. The molecule has 15 heavy (non-hydrogen) atoms. The fourth-order valence-electron chi connectivity index (χ4n) is 4.34. The summed E-state index contributed by atoms with van der Waals surface area (Å²) in [5.74, 6) is 1.60. The molecule has 4 aliphatic rings. The van der Waals surface area contributed by atoms with Crippen LogP contribution in [-0.2, 0) is 10.1 Å². The van der Waals surface area contributed by atoms with Gasteiger partial charge in [0.05, 0.1) is 4.75 Å². The number of hydrogen-bond donors (Lipinski definition) is 0. The van der Waals surface area contributed by atoms with Gasteiger partial charge < -0.3 is 4.55 Å². The number of rotatable bonds is 1. The van der Waals surface area contributed by atoms with Crippen molar-refractivity contribution in [3.8, 4) is 0 Å². The fourth-order valence-corrected chi connectivity index (χ4v) is 5.66. The fraction of sp³-hybridized carbons (Fsp3) is 1.00. The van der Waals surface area contributed by atoms with Crippen LogP contribution in [-0.4, -0.2) is 17.7 Å². The first kappa shape index (κ1) is 12.0. The summed E-state index contributed by atoms with van der Waals surface area (Å²) in [4.78, 5) is 0. The van der Waals surface area contributed by atoms with E-state index in [0.29, 0.717) is 37.0 Å². The molecular weight excluding hydrogens is 207 g/mol. The Labute approximate surface area is 103 Å². The van der Waals surface area contributed by atoms with Gasteiger partial charge in [-0.05, 0) is 56.3 Å². The molecule has 0 aromatic heterocycles. The van der Waals surface area contributed by atoms with E-state index in [1.165, 1.54) is 19.3 Å². The predicted molar refractivity (Wildman–Crippen MR) is 50.6 cm³/mol. The SMILES string of the molecule is O=S(=O)([O-])C12CC3CC(CC(C3)C1)C2.[Li+]. The van der Waals surface area contributed by atoms with Gasteiger partial charge >= 0.3 is 18.9 Å². The Morgan fingerprint density at radius 2 is 1.27 bits per heavy atom. The molecule has 4 rings (SSSR count). The first-order valence-electron chi connectivity index (χ1n) is 5.44. The maximum atomic E-state index is 11.3. The Hall–Kier alpha value is 0.507. The van der Waals surface area contributed by atoms with Crippen molar-refractivity contribution in [1.29, 1.82) is 0 Å². The van der Waals surface area contributed by atoms with Crippen LogP contribution in [0.4, 0.5) is 0 Å². The molecule has 0 aromatic carbocycles. The average molecular weight is 222 g/mol. The zero-order chi connectivity index (χ0) is 9.97. The normalized spacial score (nSPS) is 47.7. The van der Waals surface area contributed by atoms with Crippen LogP contribution in [0.5, 0.6) is 0 Å². The molecule has 80 valence electrons. The summed E-state index contributed by atoms with van der Waals surface area (Å²) in [6.45, 7) is 0. The van der Waals surface area contributed by atoms with Gasteiger partial charge in [-0.25, -0.2) is 8.42 Å². The van der Waals surface area contributed by atoms with Gasteiger partial charge in [-0.2, -0.15) is 0 Å². The van der Waals surface area contributed by atoms with E-state index < -0.39 is 14.9 Å². The largest absolute Gasteiger partial charge is 1.00 e. The molecule has 4 saturated carbocycles. The van der Waals surface area contributed by atoms with Crippen molar-refractivity contribution < 1.29 is 31.8 Å². The van der Waals surface area contributed by atoms with E-state index in [4.69, 9.17) is 0 Å². The second kappa shape index (κ2) is 3.50. The summed E-state index contributed by atoms with van der Waals surface area (Å²) in [6.07, 6.45) is 5.50. The zero-order valence-electron chi connectivity index (χ0n) is 9.11. The van der Waals surface area contributed by atoms with Gasteiger partial charge in [0, 0.05) is 0 Å². The van der Waals surface area contributed by atoms with E-state index in [-0.39, 0.29) is 18.9 Å². The number of hydrogen-bond acceptors (Lipinski definition) is 3. The Balaban J connectivity index is 0.000000853. The van der Waals surface area contributed by atoms with Gasteiger partial charge in [-0.3, -0.25) is 0 Å². The molecule has 5 heteroatoms. The van der Waals surface area contributed by atoms with Crippen LogP contribution < -0.4 is 18.9 Å². The molecule has 4 fully saturated rings. The van der Waals surface area contributed by atoms with Crippen molar-refractivity contribution in [1.82, 2.24) is 0 Å². The van der Waals surface area contributed by atoms with Crippen LogP contribution in [0.2, 0.25) is 0 Å². The van der Waals surface area contributed by atoms with Crippen molar-refractivity contribution in [3.63, 3.8) is 0 Å². The maximum Gasteiger partial charge on any atom is 1.00 e. The third-order valence-corrected chi connectivity index (χ3v) is 6.07. The first-order valence-corrected chi connectivity index (χ1v) is 6.85. The molecule has 0 unspecified atom stereocenters. The Morgan fingerprint density at radius 3 is 1.53 bits per heavy atom. The molecule has 3 nitrogen and oxygen atoms in total. The third kappa shape index (κ3) is 1.70.